The van der Waals surface area contributed by atoms with Crippen LogP contribution in [0, 0.1) is 11.3 Å². The van der Waals surface area contributed by atoms with Crippen molar-refractivity contribution in [2.45, 2.75) is 0 Å². The lowest BCUT2D eigenvalue weighted by Crippen LogP contribution is -2.47. The Morgan fingerprint density at radius 3 is 2.65 bits per heavy atom. The summed E-state index contributed by atoms with van der Waals surface area (Å²) in [5, 5.41) is 12.2. The molecule has 6 nitrogen and oxygen atoms in total. The molecule has 2 aromatic carbocycles. The quantitative estimate of drug-likeness (QED) is 0.788. The summed E-state index contributed by atoms with van der Waals surface area (Å²) in [7, 11) is 2.13. The van der Waals surface area contributed by atoms with Crippen molar-refractivity contribution in [3.8, 4) is 17.2 Å². The van der Waals surface area contributed by atoms with Crippen molar-refractivity contribution < 1.29 is 0 Å². The van der Waals surface area contributed by atoms with E-state index in [1.165, 1.54) is 0 Å². The van der Waals surface area contributed by atoms with Crippen LogP contribution in [0.15, 0.2) is 48.7 Å². The molecule has 0 saturated carbocycles. The Hall–Kier alpha value is -3.01. The predicted octanol–water partition coefficient (Wildman–Crippen LogP) is 2.74. The third-order valence-corrected chi connectivity index (χ3v) is 4.67. The summed E-state index contributed by atoms with van der Waals surface area (Å²) >= 11 is 0. The first-order chi connectivity index (χ1) is 12.7. The largest absolute Gasteiger partial charge is 0.304 e. The normalized spacial score (nSPS) is 15.7. The number of hydrogen-bond acceptors (Lipinski definition) is 6. The number of nitriles is 1. The maximum absolute atomic E-state index is 9.08. The van der Waals surface area contributed by atoms with Crippen molar-refractivity contribution in [3.63, 3.8) is 0 Å². The van der Waals surface area contributed by atoms with Gasteiger partial charge in [0.25, 0.3) is 0 Å². The van der Waals surface area contributed by atoms with Gasteiger partial charge in [-0.25, -0.2) is 15.0 Å². The van der Waals surface area contributed by atoms with Crippen LogP contribution in [0.3, 0.4) is 0 Å². The summed E-state index contributed by atoms with van der Waals surface area (Å²) in [5.41, 5.74) is 6.93. The number of nitrogens with one attached hydrogen (secondary N) is 1. The zero-order valence-corrected chi connectivity index (χ0v) is 14.7. The molecule has 0 bridgehead atoms. The van der Waals surface area contributed by atoms with E-state index in [2.05, 4.69) is 44.5 Å². The molecule has 3 aromatic rings. The molecule has 0 aliphatic carbocycles. The fourth-order valence-corrected chi connectivity index (χ4v) is 3.09. The molecule has 1 aliphatic heterocycles. The number of hydrazine groups is 1. The van der Waals surface area contributed by atoms with E-state index in [1.807, 2.05) is 42.6 Å². The van der Waals surface area contributed by atoms with Crippen LogP contribution in [0.1, 0.15) is 5.56 Å². The smallest absolute Gasteiger partial charge is 0.238 e. The second-order valence-electron chi connectivity index (χ2n) is 6.56. The maximum atomic E-state index is 9.08. The van der Waals surface area contributed by atoms with E-state index in [-0.39, 0.29) is 0 Å². The van der Waals surface area contributed by atoms with Gasteiger partial charge in [0.2, 0.25) is 5.95 Å². The molecular formula is C20H20N6. The van der Waals surface area contributed by atoms with E-state index in [0.29, 0.717) is 11.5 Å². The minimum Gasteiger partial charge on any atom is -0.304 e. The number of fused-ring (bicyclic) bond motifs is 1. The summed E-state index contributed by atoms with van der Waals surface area (Å²) < 4.78 is 0. The van der Waals surface area contributed by atoms with Crippen LogP contribution < -0.4 is 5.43 Å². The minimum absolute atomic E-state index is 0.626. The SMILES string of the molecule is CN1CCN(Nc2ncc3cc(-c4cccc(C#N)c4)ccc3n2)CC1. The standard InChI is InChI=1S/C20H20N6/c1-25-7-9-26(10-8-25)24-20-22-14-18-12-17(5-6-19(18)23-20)16-4-2-3-15(11-16)13-21/h2-6,11-12,14H,7-10H2,1H3,(H,22,23,24). The molecule has 6 heteroatoms. The molecular weight excluding hydrogens is 324 g/mol. The minimum atomic E-state index is 0.626. The van der Waals surface area contributed by atoms with Gasteiger partial charge in [-0.1, -0.05) is 18.2 Å². The lowest BCUT2D eigenvalue weighted by Gasteiger charge is -2.32. The van der Waals surface area contributed by atoms with E-state index in [4.69, 9.17) is 5.26 Å². The summed E-state index contributed by atoms with van der Waals surface area (Å²) in [4.78, 5) is 11.4. The molecule has 1 N–H and O–H groups in total. The number of aromatic nitrogens is 2. The molecule has 2 heterocycles. The topological polar surface area (TPSA) is 68.1 Å². The Balaban J connectivity index is 1.57. The number of hydrogen-bond donors (Lipinski definition) is 1. The zero-order chi connectivity index (χ0) is 17.9. The van der Waals surface area contributed by atoms with Crippen molar-refractivity contribution in [2.24, 2.45) is 0 Å². The molecule has 1 aromatic heterocycles. The van der Waals surface area contributed by atoms with Crippen LogP contribution in [0.25, 0.3) is 22.0 Å². The van der Waals surface area contributed by atoms with Crippen molar-refractivity contribution in [3.05, 3.63) is 54.2 Å². The van der Waals surface area contributed by atoms with Gasteiger partial charge >= 0.3 is 0 Å². The van der Waals surface area contributed by atoms with E-state index >= 15 is 0 Å². The Labute approximate surface area is 152 Å². The van der Waals surface area contributed by atoms with E-state index < -0.39 is 0 Å². The van der Waals surface area contributed by atoms with Crippen LogP contribution in [0.2, 0.25) is 0 Å². The molecule has 130 valence electrons. The molecule has 4 rings (SSSR count). The average molecular weight is 344 g/mol. The lowest BCUT2D eigenvalue weighted by molar-refractivity contribution is 0.178. The van der Waals surface area contributed by atoms with Gasteiger partial charge in [-0.05, 0) is 42.4 Å². The first-order valence-corrected chi connectivity index (χ1v) is 8.69. The Bertz CT molecular complexity index is 969. The van der Waals surface area contributed by atoms with Crippen LogP contribution in [-0.4, -0.2) is 53.1 Å². The number of likely N-dealkylation sites (N-methyl/N-ethyl adjacent to an activating group) is 1. The first kappa shape index (κ1) is 16.5. The summed E-state index contributed by atoms with van der Waals surface area (Å²) in [6, 6.07) is 15.9. The molecule has 1 saturated heterocycles. The number of piperazine rings is 1. The lowest BCUT2D eigenvalue weighted by atomic mass is 10.0. The third kappa shape index (κ3) is 3.49. The highest BCUT2D eigenvalue weighted by molar-refractivity contribution is 5.84. The number of nitrogens with zero attached hydrogens (tertiary/aromatic N) is 5. The van der Waals surface area contributed by atoms with Gasteiger partial charge in [0, 0.05) is 37.8 Å². The van der Waals surface area contributed by atoms with Gasteiger partial charge in [-0.15, -0.1) is 0 Å². The van der Waals surface area contributed by atoms with Crippen molar-refractivity contribution in [2.75, 3.05) is 38.7 Å². The molecule has 26 heavy (non-hydrogen) atoms. The fraction of sp³-hybridized carbons (Fsp3) is 0.250. The first-order valence-electron chi connectivity index (χ1n) is 8.69. The highest BCUT2D eigenvalue weighted by Gasteiger charge is 2.14. The summed E-state index contributed by atoms with van der Waals surface area (Å²) in [5.74, 6) is 0.626. The van der Waals surface area contributed by atoms with Crippen LogP contribution in [-0.2, 0) is 0 Å². The van der Waals surface area contributed by atoms with Crippen molar-refractivity contribution in [1.29, 1.82) is 5.26 Å². The Morgan fingerprint density at radius 2 is 1.85 bits per heavy atom. The van der Waals surface area contributed by atoms with Crippen LogP contribution in [0.4, 0.5) is 5.95 Å². The molecule has 0 amide bonds. The van der Waals surface area contributed by atoms with Crippen molar-refractivity contribution in [1.82, 2.24) is 19.9 Å². The van der Waals surface area contributed by atoms with E-state index in [1.54, 1.807) is 0 Å². The zero-order valence-electron chi connectivity index (χ0n) is 14.7. The third-order valence-electron chi connectivity index (χ3n) is 4.67. The maximum Gasteiger partial charge on any atom is 0.238 e. The molecule has 1 fully saturated rings. The van der Waals surface area contributed by atoms with Gasteiger partial charge in [0.1, 0.15) is 0 Å². The second-order valence-corrected chi connectivity index (χ2v) is 6.56. The van der Waals surface area contributed by atoms with E-state index in [9.17, 15) is 0 Å². The second kappa shape index (κ2) is 7.08. The highest BCUT2D eigenvalue weighted by Crippen LogP contribution is 2.24. The van der Waals surface area contributed by atoms with Gasteiger partial charge in [-0.3, -0.25) is 5.43 Å². The number of anilines is 1. The Kier molecular flexibility index (Phi) is 4.48. The molecule has 0 radical (unpaired) electrons. The van der Waals surface area contributed by atoms with Crippen LogP contribution >= 0.6 is 0 Å². The number of rotatable bonds is 3. The fourth-order valence-electron chi connectivity index (χ4n) is 3.09. The van der Waals surface area contributed by atoms with Gasteiger partial charge in [0.05, 0.1) is 17.1 Å². The van der Waals surface area contributed by atoms with E-state index in [0.717, 1.165) is 48.2 Å². The summed E-state index contributed by atoms with van der Waals surface area (Å²) in [6.45, 7) is 3.97. The van der Waals surface area contributed by atoms with Crippen LogP contribution in [0.5, 0.6) is 0 Å². The molecule has 0 unspecified atom stereocenters. The van der Waals surface area contributed by atoms with Crippen molar-refractivity contribution >= 4 is 16.9 Å². The molecule has 0 spiro atoms. The van der Waals surface area contributed by atoms with Gasteiger partial charge in [-0.2, -0.15) is 5.26 Å². The molecule has 0 atom stereocenters. The Morgan fingerprint density at radius 1 is 1.04 bits per heavy atom. The highest BCUT2D eigenvalue weighted by atomic mass is 15.5. The average Bonchev–Trinajstić information content (AvgIpc) is 2.69. The molecule has 1 aliphatic rings. The summed E-state index contributed by atoms with van der Waals surface area (Å²) in [6.07, 6.45) is 1.85. The monoisotopic (exact) mass is 344 g/mol. The van der Waals surface area contributed by atoms with Gasteiger partial charge < -0.3 is 4.90 Å². The predicted molar refractivity (Wildman–Crippen MR) is 102 cm³/mol. The van der Waals surface area contributed by atoms with Gasteiger partial charge in [0.15, 0.2) is 0 Å². The number of benzene rings is 2.